The molecule has 5 nitrogen and oxygen atoms in total. The van der Waals surface area contributed by atoms with Gasteiger partial charge < -0.3 is 8.83 Å². The highest BCUT2D eigenvalue weighted by Gasteiger charge is 2.23. The molecule has 0 aliphatic heterocycles. The molecule has 11 aromatic rings. The van der Waals surface area contributed by atoms with Gasteiger partial charge in [-0.25, -0.2) is 15.0 Å². The van der Waals surface area contributed by atoms with Gasteiger partial charge in [0.1, 0.15) is 22.3 Å². The number of hydrogen-bond donors (Lipinski definition) is 0. The van der Waals surface area contributed by atoms with Gasteiger partial charge in [-0.1, -0.05) is 121 Å². The van der Waals surface area contributed by atoms with E-state index in [4.69, 9.17) is 23.8 Å². The van der Waals surface area contributed by atoms with Crippen molar-refractivity contribution >= 4 is 75.4 Å². The van der Waals surface area contributed by atoms with Gasteiger partial charge in [0.25, 0.3) is 0 Å². The van der Waals surface area contributed by atoms with Gasteiger partial charge in [-0.05, 0) is 41.5 Å². The first-order chi connectivity index (χ1) is 25.3. The average molecular weight is 672 g/mol. The van der Waals surface area contributed by atoms with Gasteiger partial charge >= 0.3 is 0 Å². The molecule has 0 aliphatic rings. The Morgan fingerprint density at radius 3 is 1.82 bits per heavy atom. The Morgan fingerprint density at radius 1 is 0.392 bits per heavy atom. The summed E-state index contributed by atoms with van der Waals surface area (Å²) in [6.45, 7) is 0. The normalized spacial score (nSPS) is 11.9. The van der Waals surface area contributed by atoms with Gasteiger partial charge in [-0.15, -0.1) is 11.3 Å². The van der Waals surface area contributed by atoms with Crippen molar-refractivity contribution in [2.75, 3.05) is 0 Å². The van der Waals surface area contributed by atoms with Crippen molar-refractivity contribution < 1.29 is 8.83 Å². The van der Waals surface area contributed by atoms with Crippen LogP contribution in [0.2, 0.25) is 0 Å². The SMILES string of the molecule is c1ccc(-c2ccc(-c3nc(-c4cc5c6ccccc6oc5c5c4sc4ccccc45)nc(-c4cccc5oc6ccccc6c45)n3)cc2)cc1. The Hall–Kier alpha value is -6.63. The minimum Gasteiger partial charge on any atom is -0.456 e. The van der Waals surface area contributed by atoms with Crippen molar-refractivity contribution in [1.82, 2.24) is 15.0 Å². The molecule has 0 radical (unpaired) electrons. The Balaban J connectivity index is 1.22. The van der Waals surface area contributed by atoms with Crippen LogP contribution in [0.5, 0.6) is 0 Å². The molecular formula is C45H25N3O2S. The van der Waals surface area contributed by atoms with E-state index in [1.165, 1.54) is 4.70 Å². The molecule has 0 saturated carbocycles. The molecule has 4 heterocycles. The van der Waals surface area contributed by atoms with Crippen LogP contribution in [-0.2, 0) is 0 Å². The first-order valence-electron chi connectivity index (χ1n) is 16.9. The Bertz CT molecular complexity index is 3140. The quantitative estimate of drug-likeness (QED) is 0.186. The maximum atomic E-state index is 6.58. The molecule has 238 valence electrons. The summed E-state index contributed by atoms with van der Waals surface area (Å²) in [5.41, 5.74) is 8.40. The molecule has 6 heteroatoms. The Labute approximate surface area is 295 Å². The molecule has 51 heavy (non-hydrogen) atoms. The maximum absolute atomic E-state index is 6.58. The lowest BCUT2D eigenvalue weighted by atomic mass is 10.0. The first kappa shape index (κ1) is 28.2. The number of rotatable bonds is 4. The zero-order chi connectivity index (χ0) is 33.5. The largest absolute Gasteiger partial charge is 0.456 e. The number of aromatic nitrogens is 3. The van der Waals surface area contributed by atoms with Gasteiger partial charge in [-0.3, -0.25) is 0 Å². The van der Waals surface area contributed by atoms with Crippen LogP contribution < -0.4 is 0 Å². The van der Waals surface area contributed by atoms with E-state index in [9.17, 15) is 0 Å². The van der Waals surface area contributed by atoms with Crippen LogP contribution in [0.1, 0.15) is 0 Å². The number of fused-ring (bicyclic) bond motifs is 10. The molecule has 7 aromatic carbocycles. The van der Waals surface area contributed by atoms with Crippen molar-refractivity contribution in [2.24, 2.45) is 0 Å². The van der Waals surface area contributed by atoms with Gasteiger partial charge in [0.2, 0.25) is 0 Å². The van der Waals surface area contributed by atoms with Crippen molar-refractivity contribution in [3.05, 3.63) is 152 Å². The fraction of sp³-hybridized carbons (Fsp3) is 0. The molecule has 0 N–H and O–H groups in total. The van der Waals surface area contributed by atoms with Crippen LogP contribution in [-0.4, -0.2) is 15.0 Å². The summed E-state index contributed by atoms with van der Waals surface area (Å²) >= 11 is 1.74. The second kappa shape index (κ2) is 10.9. The average Bonchev–Trinajstić information content (AvgIpc) is 3.89. The zero-order valence-electron chi connectivity index (χ0n) is 27.0. The van der Waals surface area contributed by atoms with Crippen LogP contribution in [0.25, 0.3) is 109 Å². The van der Waals surface area contributed by atoms with E-state index in [0.29, 0.717) is 17.5 Å². The van der Waals surface area contributed by atoms with E-state index in [1.54, 1.807) is 11.3 Å². The standard InChI is InChI=1S/C45H25N3O2S/c1-2-11-26(12-3-1)27-21-23-28(24-22-27)43-46-44(32-16-10-19-37-39(32)30-14-5-8-18-36(30)49-37)48-45(47-43)34-25-33-29-13-4-7-17-35(29)50-41(33)40-31-15-6-9-20-38(31)51-42(34)40/h1-25H. The van der Waals surface area contributed by atoms with Crippen LogP contribution in [0, 0.1) is 0 Å². The van der Waals surface area contributed by atoms with Crippen molar-refractivity contribution in [3.63, 3.8) is 0 Å². The third-order valence-corrected chi connectivity index (χ3v) is 11.0. The third-order valence-electron chi connectivity index (χ3n) is 9.76. The number of benzene rings is 7. The number of furan rings is 2. The van der Waals surface area contributed by atoms with E-state index in [2.05, 4.69) is 103 Å². The van der Waals surface area contributed by atoms with E-state index >= 15 is 0 Å². The highest BCUT2D eigenvalue weighted by molar-refractivity contribution is 7.26. The summed E-state index contributed by atoms with van der Waals surface area (Å²) in [6.07, 6.45) is 0. The smallest absolute Gasteiger partial charge is 0.165 e. The minimum atomic E-state index is 0.589. The van der Waals surface area contributed by atoms with Crippen molar-refractivity contribution in [3.8, 4) is 45.3 Å². The monoisotopic (exact) mass is 671 g/mol. The molecule has 0 bridgehead atoms. The number of nitrogens with zero attached hydrogens (tertiary/aromatic N) is 3. The van der Waals surface area contributed by atoms with E-state index in [0.717, 1.165) is 87.2 Å². The lowest BCUT2D eigenvalue weighted by Gasteiger charge is -2.11. The molecule has 4 aromatic heterocycles. The van der Waals surface area contributed by atoms with Crippen LogP contribution in [0.4, 0.5) is 0 Å². The molecule has 0 fully saturated rings. The fourth-order valence-electron chi connectivity index (χ4n) is 7.38. The summed E-state index contributed by atoms with van der Waals surface area (Å²) < 4.78 is 15.1. The molecule has 0 aliphatic carbocycles. The Kier molecular flexibility index (Phi) is 6.05. The predicted molar refractivity (Wildman–Crippen MR) is 209 cm³/mol. The summed E-state index contributed by atoms with van der Waals surface area (Å²) in [5, 5.41) is 6.35. The van der Waals surface area contributed by atoms with Gasteiger partial charge in [0.15, 0.2) is 17.5 Å². The highest BCUT2D eigenvalue weighted by atomic mass is 32.1. The molecule has 0 spiro atoms. The van der Waals surface area contributed by atoms with E-state index in [1.807, 2.05) is 48.5 Å². The molecule has 0 saturated heterocycles. The molecular weight excluding hydrogens is 647 g/mol. The second-order valence-electron chi connectivity index (χ2n) is 12.7. The Morgan fingerprint density at radius 2 is 1.00 bits per heavy atom. The number of para-hydroxylation sites is 2. The highest BCUT2D eigenvalue weighted by Crippen LogP contribution is 2.46. The fourth-order valence-corrected chi connectivity index (χ4v) is 8.59. The van der Waals surface area contributed by atoms with Crippen molar-refractivity contribution in [2.45, 2.75) is 0 Å². The zero-order valence-corrected chi connectivity index (χ0v) is 27.8. The summed E-state index contributed by atoms with van der Waals surface area (Å²) in [6, 6.07) is 52.0. The van der Waals surface area contributed by atoms with E-state index < -0.39 is 0 Å². The number of hydrogen-bond acceptors (Lipinski definition) is 6. The van der Waals surface area contributed by atoms with Crippen LogP contribution >= 0.6 is 11.3 Å². The summed E-state index contributed by atoms with van der Waals surface area (Å²) in [5.74, 6) is 1.80. The second-order valence-corrected chi connectivity index (χ2v) is 13.8. The maximum Gasteiger partial charge on any atom is 0.165 e. The van der Waals surface area contributed by atoms with Gasteiger partial charge in [0.05, 0.1) is 4.70 Å². The molecule has 0 atom stereocenters. The molecule has 11 rings (SSSR count). The topological polar surface area (TPSA) is 65.0 Å². The minimum absolute atomic E-state index is 0.589. The van der Waals surface area contributed by atoms with E-state index in [-0.39, 0.29) is 0 Å². The predicted octanol–water partition coefficient (Wildman–Crippen LogP) is 12.7. The van der Waals surface area contributed by atoms with Gasteiger partial charge in [-0.2, -0.15) is 0 Å². The number of thiophene rings is 1. The lowest BCUT2D eigenvalue weighted by molar-refractivity contribution is 0.669. The van der Waals surface area contributed by atoms with Crippen LogP contribution in [0.3, 0.4) is 0 Å². The summed E-state index contributed by atoms with van der Waals surface area (Å²) in [4.78, 5) is 15.7. The lowest BCUT2D eigenvalue weighted by Crippen LogP contribution is -2.00. The molecule has 0 amide bonds. The van der Waals surface area contributed by atoms with Crippen LogP contribution in [0.15, 0.2) is 160 Å². The molecule has 0 unspecified atom stereocenters. The first-order valence-corrected chi connectivity index (χ1v) is 17.7. The summed E-state index contributed by atoms with van der Waals surface area (Å²) in [7, 11) is 0. The van der Waals surface area contributed by atoms with Crippen molar-refractivity contribution in [1.29, 1.82) is 0 Å². The van der Waals surface area contributed by atoms with Gasteiger partial charge in [0, 0.05) is 53.7 Å². The third kappa shape index (κ3) is 4.37.